The molecule has 1 aromatic rings. The molecule has 0 aliphatic carbocycles. The number of hydrogen-bond acceptors (Lipinski definition) is 1. The fourth-order valence-electron chi connectivity index (χ4n) is 3.54. The van der Waals surface area contributed by atoms with E-state index in [0.717, 1.165) is 26.1 Å². The number of rotatable bonds is 20. The van der Waals surface area contributed by atoms with Crippen molar-refractivity contribution in [3.8, 4) is 0 Å². The quantitative estimate of drug-likeness (QED) is 0.208. The summed E-state index contributed by atoms with van der Waals surface area (Å²) >= 11 is 0. The largest absolute Gasteiger partial charge is 0.381 e. The Kier molecular flexibility index (Phi) is 17.9. The molecule has 0 aliphatic heterocycles. The van der Waals surface area contributed by atoms with E-state index < -0.39 is 0 Å². The van der Waals surface area contributed by atoms with Gasteiger partial charge in [-0.25, -0.2) is 0 Å². The lowest BCUT2D eigenvalue weighted by atomic mass is 10.0. The molecule has 1 nitrogen and oxygen atoms in total. The molecule has 0 bridgehead atoms. The van der Waals surface area contributed by atoms with Gasteiger partial charge in [0.25, 0.3) is 0 Å². The SMILES string of the molecule is CCCCCCCCCCCCCCCCOCCC[CH]c1ccccc1. The average molecular weight is 374 g/mol. The monoisotopic (exact) mass is 373 g/mol. The molecule has 1 aromatic carbocycles. The van der Waals surface area contributed by atoms with Crippen LogP contribution in [0.1, 0.15) is 115 Å². The minimum absolute atomic E-state index is 0.905. The lowest BCUT2D eigenvalue weighted by molar-refractivity contribution is 0.127. The second-order valence-electron chi connectivity index (χ2n) is 7.97. The number of benzene rings is 1. The second-order valence-corrected chi connectivity index (χ2v) is 7.97. The molecular formula is C26H45O. The van der Waals surface area contributed by atoms with Crippen LogP contribution < -0.4 is 0 Å². The zero-order valence-corrected chi connectivity index (χ0v) is 18.1. The second kappa shape index (κ2) is 19.9. The van der Waals surface area contributed by atoms with Crippen molar-refractivity contribution in [2.75, 3.05) is 13.2 Å². The molecule has 1 rings (SSSR count). The van der Waals surface area contributed by atoms with Crippen LogP contribution in [0.3, 0.4) is 0 Å². The van der Waals surface area contributed by atoms with Gasteiger partial charge in [0, 0.05) is 13.2 Å². The Morgan fingerprint density at radius 1 is 0.593 bits per heavy atom. The molecule has 0 aliphatic rings. The van der Waals surface area contributed by atoms with Crippen molar-refractivity contribution in [1.29, 1.82) is 0 Å². The first kappa shape index (κ1) is 24.2. The number of unbranched alkanes of at least 4 members (excludes halogenated alkanes) is 14. The maximum atomic E-state index is 5.76. The topological polar surface area (TPSA) is 9.23 Å². The highest BCUT2D eigenvalue weighted by Gasteiger charge is 1.96. The molecule has 0 aromatic heterocycles. The summed E-state index contributed by atoms with van der Waals surface area (Å²) in [7, 11) is 0. The highest BCUT2D eigenvalue weighted by atomic mass is 16.5. The van der Waals surface area contributed by atoms with Crippen molar-refractivity contribution in [3.63, 3.8) is 0 Å². The van der Waals surface area contributed by atoms with Gasteiger partial charge < -0.3 is 4.74 Å². The summed E-state index contributed by atoms with van der Waals surface area (Å²) in [6.45, 7) is 4.14. The summed E-state index contributed by atoms with van der Waals surface area (Å²) in [5.41, 5.74) is 1.32. The van der Waals surface area contributed by atoms with Crippen LogP contribution in [0.15, 0.2) is 30.3 Å². The van der Waals surface area contributed by atoms with E-state index in [2.05, 4.69) is 43.7 Å². The molecule has 0 saturated carbocycles. The lowest BCUT2D eigenvalue weighted by Gasteiger charge is -2.05. The summed E-state index contributed by atoms with van der Waals surface area (Å²) in [4.78, 5) is 0. The van der Waals surface area contributed by atoms with Crippen LogP contribution in [0.5, 0.6) is 0 Å². The van der Waals surface area contributed by atoms with E-state index in [0.29, 0.717) is 0 Å². The van der Waals surface area contributed by atoms with Crippen molar-refractivity contribution in [3.05, 3.63) is 42.3 Å². The normalized spacial score (nSPS) is 11.1. The molecule has 0 N–H and O–H groups in total. The number of ether oxygens (including phenoxy) is 1. The smallest absolute Gasteiger partial charge is 0.0466 e. The zero-order valence-electron chi connectivity index (χ0n) is 18.1. The molecule has 1 radical (unpaired) electrons. The van der Waals surface area contributed by atoms with Crippen molar-refractivity contribution < 1.29 is 4.74 Å². The molecule has 0 fully saturated rings. The molecule has 0 unspecified atom stereocenters. The first-order valence-corrected chi connectivity index (χ1v) is 11.9. The Balaban J connectivity index is 1.67. The van der Waals surface area contributed by atoms with E-state index in [1.54, 1.807) is 0 Å². The van der Waals surface area contributed by atoms with E-state index in [-0.39, 0.29) is 0 Å². The molecular weight excluding hydrogens is 328 g/mol. The average Bonchev–Trinajstić information content (AvgIpc) is 2.70. The summed E-state index contributed by atoms with van der Waals surface area (Å²) < 4.78 is 5.76. The molecule has 0 spiro atoms. The Labute approximate surface area is 170 Å². The van der Waals surface area contributed by atoms with Gasteiger partial charge in [-0.05, 0) is 31.2 Å². The van der Waals surface area contributed by atoms with Gasteiger partial charge in [-0.15, -0.1) is 0 Å². The van der Waals surface area contributed by atoms with Crippen LogP contribution in [-0.4, -0.2) is 13.2 Å². The van der Waals surface area contributed by atoms with Crippen molar-refractivity contribution in [2.45, 2.75) is 110 Å². The van der Waals surface area contributed by atoms with E-state index in [4.69, 9.17) is 4.74 Å². The third-order valence-electron chi connectivity index (χ3n) is 5.31. The third kappa shape index (κ3) is 17.0. The van der Waals surface area contributed by atoms with Crippen LogP contribution in [0.4, 0.5) is 0 Å². The molecule has 0 heterocycles. The van der Waals surface area contributed by atoms with Crippen LogP contribution in [0.25, 0.3) is 0 Å². The summed E-state index contributed by atoms with van der Waals surface area (Å²) in [5, 5.41) is 0. The van der Waals surface area contributed by atoms with Crippen LogP contribution in [-0.2, 0) is 4.74 Å². The molecule has 27 heavy (non-hydrogen) atoms. The molecule has 0 amide bonds. The standard InChI is InChI=1S/C26H45O/c1-2-3-4-5-6-7-8-9-10-11-12-13-14-19-24-27-25-20-18-23-26-21-16-15-17-22-26/h15-17,21-23H,2-14,18-20,24-25H2,1H3. The van der Waals surface area contributed by atoms with Gasteiger partial charge in [-0.1, -0.05) is 121 Å². The van der Waals surface area contributed by atoms with E-state index >= 15 is 0 Å². The lowest BCUT2D eigenvalue weighted by Crippen LogP contribution is -1.97. The fourth-order valence-corrected chi connectivity index (χ4v) is 3.54. The van der Waals surface area contributed by atoms with Gasteiger partial charge in [0.05, 0.1) is 0 Å². The van der Waals surface area contributed by atoms with E-state index in [9.17, 15) is 0 Å². The Morgan fingerprint density at radius 2 is 1.07 bits per heavy atom. The summed E-state index contributed by atoms with van der Waals surface area (Å²) in [6, 6.07) is 10.6. The van der Waals surface area contributed by atoms with Gasteiger partial charge in [-0.2, -0.15) is 0 Å². The van der Waals surface area contributed by atoms with E-state index in [1.165, 1.54) is 95.5 Å². The highest BCUT2D eigenvalue weighted by molar-refractivity contribution is 5.21. The fraction of sp³-hybridized carbons (Fsp3) is 0.731. The van der Waals surface area contributed by atoms with Crippen molar-refractivity contribution >= 4 is 0 Å². The predicted octanol–water partition coefficient (Wildman–Crippen LogP) is 8.52. The zero-order chi connectivity index (χ0) is 19.3. The minimum atomic E-state index is 0.905. The molecule has 0 atom stereocenters. The van der Waals surface area contributed by atoms with Gasteiger partial charge in [-0.3, -0.25) is 0 Å². The molecule has 0 saturated heterocycles. The van der Waals surface area contributed by atoms with E-state index in [1.807, 2.05) is 0 Å². The Bertz CT molecular complexity index is 386. The minimum Gasteiger partial charge on any atom is -0.381 e. The maximum Gasteiger partial charge on any atom is 0.0466 e. The van der Waals surface area contributed by atoms with Gasteiger partial charge in [0.15, 0.2) is 0 Å². The summed E-state index contributed by atoms with van der Waals surface area (Å²) in [6.07, 6.45) is 24.4. The molecule has 155 valence electrons. The van der Waals surface area contributed by atoms with Crippen molar-refractivity contribution in [2.24, 2.45) is 0 Å². The Morgan fingerprint density at radius 3 is 1.63 bits per heavy atom. The van der Waals surface area contributed by atoms with Gasteiger partial charge in [0.1, 0.15) is 0 Å². The third-order valence-corrected chi connectivity index (χ3v) is 5.31. The van der Waals surface area contributed by atoms with Crippen LogP contribution >= 0.6 is 0 Å². The van der Waals surface area contributed by atoms with Crippen molar-refractivity contribution in [1.82, 2.24) is 0 Å². The number of hydrogen-bond donors (Lipinski definition) is 0. The Hall–Kier alpha value is -0.820. The highest BCUT2D eigenvalue weighted by Crippen LogP contribution is 2.13. The summed E-state index contributed by atoms with van der Waals surface area (Å²) in [5.74, 6) is 0. The molecule has 1 heteroatoms. The van der Waals surface area contributed by atoms with Gasteiger partial charge >= 0.3 is 0 Å². The van der Waals surface area contributed by atoms with Crippen LogP contribution in [0, 0.1) is 6.42 Å². The van der Waals surface area contributed by atoms with Crippen LogP contribution in [0.2, 0.25) is 0 Å². The first-order valence-electron chi connectivity index (χ1n) is 11.9. The predicted molar refractivity (Wildman–Crippen MR) is 120 cm³/mol. The van der Waals surface area contributed by atoms with Gasteiger partial charge in [0.2, 0.25) is 0 Å². The maximum absolute atomic E-state index is 5.76. The first-order chi connectivity index (χ1) is 13.4.